The monoisotopic (exact) mass is 188 g/mol. The van der Waals surface area contributed by atoms with Gasteiger partial charge < -0.3 is 4.42 Å². The number of hydrogen-bond donors (Lipinski definition) is 0. The first-order valence-electron chi connectivity index (χ1n) is 4.14. The van der Waals surface area contributed by atoms with E-state index in [1.165, 1.54) is 0 Å². The lowest BCUT2D eigenvalue weighted by Gasteiger charge is -1.96. The minimum Gasteiger partial charge on any atom is -0.440 e. The molecule has 0 fully saturated rings. The van der Waals surface area contributed by atoms with E-state index in [1.807, 2.05) is 0 Å². The highest BCUT2D eigenvalue weighted by Crippen LogP contribution is 2.18. The lowest BCUT2D eigenvalue weighted by atomic mass is 10.2. The van der Waals surface area contributed by atoms with Crippen molar-refractivity contribution in [2.45, 2.75) is 6.92 Å². The summed E-state index contributed by atoms with van der Waals surface area (Å²) in [6.07, 6.45) is 3.93. The molecule has 0 atom stereocenters. The molecule has 4 heteroatoms. The fourth-order valence-corrected chi connectivity index (χ4v) is 1.16. The van der Waals surface area contributed by atoms with Crippen LogP contribution in [-0.4, -0.2) is 16.3 Å². The zero-order valence-electron chi connectivity index (χ0n) is 7.60. The van der Waals surface area contributed by atoms with E-state index in [0.29, 0.717) is 22.9 Å². The molecule has 4 nitrogen and oxygen atoms in total. The summed E-state index contributed by atoms with van der Waals surface area (Å²) >= 11 is 0. The summed E-state index contributed by atoms with van der Waals surface area (Å²) < 4.78 is 5.28. The van der Waals surface area contributed by atoms with Crippen molar-refractivity contribution in [3.63, 3.8) is 0 Å². The molecule has 0 saturated heterocycles. The SMILES string of the molecule is Cc1cnc(-c2ncccc2C=O)o1. The molecule has 0 aliphatic carbocycles. The van der Waals surface area contributed by atoms with Crippen molar-refractivity contribution in [3.8, 4) is 11.6 Å². The molecule has 2 aromatic heterocycles. The zero-order chi connectivity index (χ0) is 9.97. The Morgan fingerprint density at radius 1 is 1.43 bits per heavy atom. The molecule has 0 aromatic carbocycles. The first-order chi connectivity index (χ1) is 6.81. The molecule has 0 radical (unpaired) electrons. The Balaban J connectivity index is 2.55. The second-order valence-corrected chi connectivity index (χ2v) is 2.84. The quantitative estimate of drug-likeness (QED) is 0.675. The van der Waals surface area contributed by atoms with Crippen LogP contribution in [0.5, 0.6) is 0 Å². The summed E-state index contributed by atoms with van der Waals surface area (Å²) in [4.78, 5) is 18.8. The van der Waals surface area contributed by atoms with Gasteiger partial charge in [0.2, 0.25) is 5.89 Å². The van der Waals surface area contributed by atoms with Crippen LogP contribution in [0, 0.1) is 6.92 Å². The topological polar surface area (TPSA) is 56.0 Å². The maximum absolute atomic E-state index is 10.7. The van der Waals surface area contributed by atoms with Crippen LogP contribution in [0.3, 0.4) is 0 Å². The highest BCUT2D eigenvalue weighted by atomic mass is 16.4. The van der Waals surface area contributed by atoms with Gasteiger partial charge >= 0.3 is 0 Å². The predicted molar refractivity (Wildman–Crippen MR) is 49.9 cm³/mol. The highest BCUT2D eigenvalue weighted by Gasteiger charge is 2.10. The molecular formula is C10H8N2O2. The van der Waals surface area contributed by atoms with Crippen LogP contribution in [0.25, 0.3) is 11.6 Å². The van der Waals surface area contributed by atoms with E-state index in [2.05, 4.69) is 9.97 Å². The van der Waals surface area contributed by atoms with Crippen LogP contribution in [0.2, 0.25) is 0 Å². The Morgan fingerprint density at radius 2 is 2.29 bits per heavy atom. The van der Waals surface area contributed by atoms with E-state index in [0.717, 1.165) is 6.29 Å². The van der Waals surface area contributed by atoms with E-state index in [4.69, 9.17) is 4.42 Å². The summed E-state index contributed by atoms with van der Waals surface area (Å²) in [6, 6.07) is 3.37. The van der Waals surface area contributed by atoms with Crippen molar-refractivity contribution >= 4 is 6.29 Å². The lowest BCUT2D eigenvalue weighted by Crippen LogP contribution is -1.90. The van der Waals surface area contributed by atoms with Gasteiger partial charge in [-0.1, -0.05) is 0 Å². The molecule has 0 aliphatic rings. The summed E-state index contributed by atoms with van der Waals surface area (Å²) in [7, 11) is 0. The molecule has 2 heterocycles. The Labute approximate surface area is 80.6 Å². The zero-order valence-corrected chi connectivity index (χ0v) is 7.60. The highest BCUT2D eigenvalue weighted by molar-refractivity contribution is 5.83. The van der Waals surface area contributed by atoms with Gasteiger partial charge in [-0.15, -0.1) is 0 Å². The van der Waals surface area contributed by atoms with Gasteiger partial charge in [-0.2, -0.15) is 0 Å². The van der Waals surface area contributed by atoms with Crippen molar-refractivity contribution in [3.05, 3.63) is 35.9 Å². The Morgan fingerprint density at radius 3 is 2.93 bits per heavy atom. The molecule has 2 aromatic rings. The third-order valence-electron chi connectivity index (χ3n) is 1.79. The molecule has 2 rings (SSSR count). The number of aromatic nitrogens is 2. The number of carbonyl (C=O) groups is 1. The van der Waals surface area contributed by atoms with Crippen LogP contribution in [0.1, 0.15) is 16.1 Å². The van der Waals surface area contributed by atoms with Crippen LogP contribution in [0.4, 0.5) is 0 Å². The van der Waals surface area contributed by atoms with E-state index >= 15 is 0 Å². The number of rotatable bonds is 2. The minimum absolute atomic E-state index is 0.380. The largest absolute Gasteiger partial charge is 0.440 e. The molecule has 0 spiro atoms. The Hall–Kier alpha value is -1.97. The molecule has 0 N–H and O–H groups in total. The van der Waals surface area contributed by atoms with Gasteiger partial charge in [-0.25, -0.2) is 4.98 Å². The Kier molecular flexibility index (Phi) is 2.10. The molecule has 14 heavy (non-hydrogen) atoms. The average molecular weight is 188 g/mol. The van der Waals surface area contributed by atoms with Crippen molar-refractivity contribution in [2.24, 2.45) is 0 Å². The first-order valence-corrected chi connectivity index (χ1v) is 4.14. The summed E-state index contributed by atoms with van der Waals surface area (Å²) in [6.45, 7) is 1.79. The smallest absolute Gasteiger partial charge is 0.246 e. The van der Waals surface area contributed by atoms with Crippen LogP contribution >= 0.6 is 0 Å². The average Bonchev–Trinajstić information content (AvgIpc) is 2.65. The van der Waals surface area contributed by atoms with Gasteiger partial charge in [0.05, 0.1) is 6.20 Å². The number of oxazole rings is 1. The maximum atomic E-state index is 10.7. The Bertz CT molecular complexity index is 463. The van der Waals surface area contributed by atoms with Gasteiger partial charge in [0, 0.05) is 11.8 Å². The van der Waals surface area contributed by atoms with Crippen molar-refractivity contribution in [1.82, 2.24) is 9.97 Å². The number of hydrogen-bond acceptors (Lipinski definition) is 4. The number of nitrogens with zero attached hydrogens (tertiary/aromatic N) is 2. The van der Waals surface area contributed by atoms with Crippen LogP contribution in [0.15, 0.2) is 28.9 Å². The van der Waals surface area contributed by atoms with Gasteiger partial charge in [0.1, 0.15) is 11.5 Å². The summed E-state index contributed by atoms with van der Waals surface area (Å²) in [5.41, 5.74) is 0.963. The second-order valence-electron chi connectivity index (χ2n) is 2.84. The van der Waals surface area contributed by atoms with E-state index in [-0.39, 0.29) is 0 Å². The van der Waals surface area contributed by atoms with Crippen LogP contribution < -0.4 is 0 Å². The predicted octanol–water partition coefficient (Wildman–Crippen LogP) is 1.86. The van der Waals surface area contributed by atoms with E-state index in [9.17, 15) is 4.79 Å². The number of pyridine rings is 1. The minimum atomic E-state index is 0.380. The van der Waals surface area contributed by atoms with Gasteiger partial charge in [-0.3, -0.25) is 9.78 Å². The second kappa shape index (κ2) is 3.41. The van der Waals surface area contributed by atoms with Crippen molar-refractivity contribution in [1.29, 1.82) is 0 Å². The lowest BCUT2D eigenvalue weighted by molar-refractivity contribution is 0.112. The molecule has 0 amide bonds. The summed E-state index contributed by atoms with van der Waals surface area (Å²) in [5.74, 6) is 1.08. The van der Waals surface area contributed by atoms with Gasteiger partial charge in [0.15, 0.2) is 6.29 Å². The number of carbonyl (C=O) groups excluding carboxylic acids is 1. The van der Waals surface area contributed by atoms with Gasteiger partial charge in [-0.05, 0) is 19.1 Å². The molecule has 0 bridgehead atoms. The van der Waals surface area contributed by atoms with Crippen molar-refractivity contribution < 1.29 is 9.21 Å². The van der Waals surface area contributed by atoms with E-state index < -0.39 is 0 Å². The molecule has 0 saturated carbocycles. The molecule has 0 aliphatic heterocycles. The van der Waals surface area contributed by atoms with Crippen LogP contribution in [-0.2, 0) is 0 Å². The number of aryl methyl sites for hydroxylation is 1. The fourth-order valence-electron chi connectivity index (χ4n) is 1.16. The third kappa shape index (κ3) is 1.42. The summed E-state index contributed by atoms with van der Waals surface area (Å²) in [5, 5.41) is 0. The first kappa shape index (κ1) is 8.62. The van der Waals surface area contributed by atoms with E-state index in [1.54, 1.807) is 31.5 Å². The van der Waals surface area contributed by atoms with Crippen molar-refractivity contribution in [2.75, 3.05) is 0 Å². The number of aldehydes is 1. The fraction of sp³-hybridized carbons (Fsp3) is 0.100. The van der Waals surface area contributed by atoms with Gasteiger partial charge in [0.25, 0.3) is 0 Å². The standard InChI is InChI=1S/C10H8N2O2/c1-7-5-12-10(14-7)9-8(6-13)3-2-4-11-9/h2-6H,1H3. The molecular weight excluding hydrogens is 180 g/mol. The maximum Gasteiger partial charge on any atom is 0.246 e. The normalized spacial score (nSPS) is 10.1. The molecule has 70 valence electrons. The molecule has 0 unspecified atom stereocenters. The third-order valence-corrected chi connectivity index (χ3v) is 1.79.